The van der Waals surface area contributed by atoms with Gasteiger partial charge in [-0.15, -0.1) is 0 Å². The minimum absolute atomic E-state index is 0.0701. The van der Waals surface area contributed by atoms with Crippen molar-refractivity contribution >= 4 is 28.2 Å². The summed E-state index contributed by atoms with van der Waals surface area (Å²) in [5, 5.41) is 2.98. The Morgan fingerprint density at radius 2 is 2.22 bits per heavy atom. The molecule has 0 spiro atoms. The van der Waals surface area contributed by atoms with E-state index in [1.807, 2.05) is 6.92 Å². The van der Waals surface area contributed by atoms with Crippen molar-refractivity contribution in [1.82, 2.24) is 4.98 Å². The number of anilines is 1. The number of aryl methyl sites for hydroxylation is 1. The van der Waals surface area contributed by atoms with Crippen LogP contribution in [0.25, 0.3) is 0 Å². The van der Waals surface area contributed by atoms with Crippen LogP contribution in [-0.2, 0) is 6.42 Å². The van der Waals surface area contributed by atoms with Crippen molar-refractivity contribution in [2.75, 3.05) is 5.32 Å². The predicted octanol–water partition coefficient (Wildman–Crippen LogP) is 2.75. The van der Waals surface area contributed by atoms with E-state index in [4.69, 9.17) is 4.42 Å². The smallest absolute Gasteiger partial charge is 0.293 e. The van der Waals surface area contributed by atoms with Gasteiger partial charge >= 0.3 is 0 Å². The van der Waals surface area contributed by atoms with Crippen LogP contribution in [0.4, 0.5) is 5.13 Å². The van der Waals surface area contributed by atoms with Crippen LogP contribution in [0, 0.1) is 0 Å². The number of Topliss-reactive ketones (excluding diaryl/α,β-unsaturated/α-hetero) is 1. The zero-order chi connectivity index (χ0) is 13.1. The van der Waals surface area contributed by atoms with Crippen molar-refractivity contribution in [2.45, 2.75) is 20.3 Å². The number of carbonyl (C=O) groups excluding carboxylic acids is 2. The molecule has 0 bridgehead atoms. The summed E-state index contributed by atoms with van der Waals surface area (Å²) in [6, 6.07) is 3.38. The van der Waals surface area contributed by atoms with E-state index >= 15 is 0 Å². The van der Waals surface area contributed by atoms with Crippen molar-refractivity contribution < 1.29 is 14.0 Å². The number of ketones is 1. The SMILES string of the molecule is CCc1ccc(C(=O)Nc2ncc(C(C)=O)s2)o1. The monoisotopic (exact) mass is 264 g/mol. The largest absolute Gasteiger partial charge is 0.456 e. The summed E-state index contributed by atoms with van der Waals surface area (Å²) in [6.45, 7) is 3.40. The standard InChI is InChI=1S/C12H12N2O3S/c1-3-8-4-5-9(17-8)11(16)14-12-13-6-10(18-12)7(2)15/h4-6H,3H2,1-2H3,(H,13,14,16). The van der Waals surface area contributed by atoms with Gasteiger partial charge in [-0.25, -0.2) is 4.98 Å². The van der Waals surface area contributed by atoms with Gasteiger partial charge in [-0.2, -0.15) is 0 Å². The topological polar surface area (TPSA) is 72.2 Å². The van der Waals surface area contributed by atoms with Gasteiger partial charge in [-0.1, -0.05) is 18.3 Å². The maximum absolute atomic E-state index is 11.8. The molecule has 0 aliphatic heterocycles. The van der Waals surface area contributed by atoms with E-state index in [0.717, 1.165) is 23.5 Å². The van der Waals surface area contributed by atoms with E-state index in [-0.39, 0.29) is 17.5 Å². The van der Waals surface area contributed by atoms with Crippen LogP contribution in [0.15, 0.2) is 22.7 Å². The zero-order valence-electron chi connectivity index (χ0n) is 10.0. The van der Waals surface area contributed by atoms with Crippen LogP contribution >= 0.6 is 11.3 Å². The Hall–Kier alpha value is -1.95. The summed E-state index contributed by atoms with van der Waals surface area (Å²) >= 11 is 1.14. The van der Waals surface area contributed by atoms with Crippen molar-refractivity contribution in [3.8, 4) is 0 Å². The second-order valence-electron chi connectivity index (χ2n) is 3.66. The van der Waals surface area contributed by atoms with E-state index in [1.54, 1.807) is 12.1 Å². The lowest BCUT2D eigenvalue weighted by Crippen LogP contribution is -2.10. The van der Waals surface area contributed by atoms with E-state index in [1.165, 1.54) is 13.1 Å². The summed E-state index contributed by atoms with van der Waals surface area (Å²) in [5.41, 5.74) is 0. The third-order valence-corrected chi connectivity index (χ3v) is 3.32. The van der Waals surface area contributed by atoms with E-state index in [0.29, 0.717) is 10.0 Å². The molecule has 94 valence electrons. The van der Waals surface area contributed by atoms with Crippen LogP contribution in [0.1, 0.15) is 39.8 Å². The number of nitrogens with zero attached hydrogens (tertiary/aromatic N) is 1. The van der Waals surface area contributed by atoms with Crippen molar-refractivity contribution in [2.24, 2.45) is 0 Å². The third-order valence-electron chi connectivity index (χ3n) is 2.31. The maximum Gasteiger partial charge on any atom is 0.293 e. The fraction of sp³-hybridized carbons (Fsp3) is 0.250. The lowest BCUT2D eigenvalue weighted by molar-refractivity contribution is 0.0992. The number of aromatic nitrogens is 1. The summed E-state index contributed by atoms with van der Waals surface area (Å²) < 4.78 is 5.32. The molecule has 6 heteroatoms. The van der Waals surface area contributed by atoms with Gasteiger partial charge < -0.3 is 4.42 Å². The number of carbonyl (C=O) groups is 2. The highest BCUT2D eigenvalue weighted by atomic mass is 32.1. The average molecular weight is 264 g/mol. The van der Waals surface area contributed by atoms with Gasteiger partial charge in [0.25, 0.3) is 5.91 Å². The Morgan fingerprint density at radius 3 is 2.78 bits per heavy atom. The molecule has 2 rings (SSSR count). The lowest BCUT2D eigenvalue weighted by Gasteiger charge is -1.97. The molecule has 1 N–H and O–H groups in total. The summed E-state index contributed by atoms with van der Waals surface area (Å²) in [5.74, 6) is 0.563. The minimum atomic E-state index is -0.362. The summed E-state index contributed by atoms with van der Waals surface area (Å²) in [7, 11) is 0. The molecule has 0 aliphatic carbocycles. The van der Waals surface area contributed by atoms with Crippen molar-refractivity contribution in [1.29, 1.82) is 0 Å². The second kappa shape index (κ2) is 5.14. The molecule has 0 atom stereocenters. The third kappa shape index (κ3) is 2.65. The van der Waals surface area contributed by atoms with Gasteiger partial charge in [0.15, 0.2) is 16.7 Å². The predicted molar refractivity (Wildman–Crippen MR) is 68.2 cm³/mol. The molecule has 0 unspecified atom stereocenters. The first kappa shape index (κ1) is 12.5. The number of furan rings is 1. The minimum Gasteiger partial charge on any atom is -0.456 e. The molecule has 0 aromatic carbocycles. The van der Waals surface area contributed by atoms with Gasteiger partial charge in [0.1, 0.15) is 5.76 Å². The van der Waals surface area contributed by atoms with Gasteiger partial charge in [0, 0.05) is 13.3 Å². The second-order valence-corrected chi connectivity index (χ2v) is 4.69. The Labute approximate surface area is 108 Å². The van der Waals surface area contributed by atoms with Crippen LogP contribution in [0.2, 0.25) is 0 Å². The molecule has 0 aliphatic rings. The Morgan fingerprint density at radius 1 is 1.44 bits per heavy atom. The first-order valence-corrected chi connectivity index (χ1v) is 6.28. The summed E-state index contributed by atoms with van der Waals surface area (Å²) in [4.78, 5) is 27.4. The average Bonchev–Trinajstić information content (AvgIpc) is 2.96. The number of hydrogen-bond donors (Lipinski definition) is 1. The van der Waals surface area contributed by atoms with Gasteiger partial charge in [-0.3, -0.25) is 14.9 Å². The van der Waals surface area contributed by atoms with Gasteiger partial charge in [-0.05, 0) is 12.1 Å². The first-order chi connectivity index (χ1) is 8.60. The van der Waals surface area contributed by atoms with Crippen LogP contribution < -0.4 is 5.32 Å². The molecular weight excluding hydrogens is 252 g/mol. The molecule has 2 heterocycles. The molecule has 5 nitrogen and oxygen atoms in total. The molecule has 1 amide bonds. The highest BCUT2D eigenvalue weighted by Crippen LogP contribution is 2.19. The van der Waals surface area contributed by atoms with Crippen LogP contribution in [0.3, 0.4) is 0 Å². The lowest BCUT2D eigenvalue weighted by atomic mass is 10.3. The molecule has 0 radical (unpaired) electrons. The Balaban J connectivity index is 2.08. The first-order valence-electron chi connectivity index (χ1n) is 5.47. The number of nitrogens with one attached hydrogen (secondary N) is 1. The fourth-order valence-electron chi connectivity index (χ4n) is 1.34. The number of hydrogen-bond acceptors (Lipinski definition) is 5. The van der Waals surface area contributed by atoms with E-state index < -0.39 is 0 Å². The van der Waals surface area contributed by atoms with Crippen LogP contribution in [0.5, 0.6) is 0 Å². The molecular formula is C12H12N2O3S. The van der Waals surface area contributed by atoms with E-state index in [2.05, 4.69) is 10.3 Å². The number of rotatable bonds is 4. The Bertz CT molecular complexity index is 586. The number of thiazole rings is 1. The Kier molecular flexibility index (Phi) is 3.57. The maximum atomic E-state index is 11.8. The highest BCUT2D eigenvalue weighted by Gasteiger charge is 2.13. The van der Waals surface area contributed by atoms with E-state index in [9.17, 15) is 9.59 Å². The molecule has 18 heavy (non-hydrogen) atoms. The number of amides is 1. The molecule has 0 saturated heterocycles. The van der Waals surface area contributed by atoms with Crippen molar-refractivity contribution in [3.63, 3.8) is 0 Å². The van der Waals surface area contributed by atoms with Gasteiger partial charge in [0.2, 0.25) is 0 Å². The molecule has 0 saturated carbocycles. The van der Waals surface area contributed by atoms with Crippen LogP contribution in [-0.4, -0.2) is 16.7 Å². The van der Waals surface area contributed by atoms with Crippen molar-refractivity contribution in [3.05, 3.63) is 34.7 Å². The molecule has 2 aromatic heterocycles. The fourth-order valence-corrected chi connectivity index (χ4v) is 2.05. The summed E-state index contributed by atoms with van der Waals surface area (Å²) in [6.07, 6.45) is 2.18. The normalized spacial score (nSPS) is 10.3. The molecule has 2 aromatic rings. The van der Waals surface area contributed by atoms with Gasteiger partial charge in [0.05, 0.1) is 11.1 Å². The zero-order valence-corrected chi connectivity index (χ0v) is 10.8. The quantitative estimate of drug-likeness (QED) is 0.862. The highest BCUT2D eigenvalue weighted by molar-refractivity contribution is 7.17. The molecule has 0 fully saturated rings.